The van der Waals surface area contributed by atoms with Crippen molar-refractivity contribution in [3.05, 3.63) is 30.1 Å². The summed E-state index contributed by atoms with van der Waals surface area (Å²) in [7, 11) is -2.82. The third kappa shape index (κ3) is 7.91. The largest absolute Gasteiger partial charge is 0.490 e. The van der Waals surface area contributed by atoms with E-state index in [-0.39, 0.29) is 11.4 Å². The van der Waals surface area contributed by atoms with Crippen LogP contribution < -0.4 is 10.5 Å². The maximum Gasteiger partial charge on any atom is 0.490 e. The van der Waals surface area contributed by atoms with E-state index < -0.39 is 40.0 Å². The minimum Gasteiger partial charge on any atom is -0.475 e. The van der Waals surface area contributed by atoms with E-state index >= 15 is 0 Å². The maximum atomic E-state index is 12.7. The highest BCUT2D eigenvalue weighted by Crippen LogP contribution is 2.13. The first-order chi connectivity index (χ1) is 11.3. The molecule has 0 aromatic heterocycles. The van der Waals surface area contributed by atoms with Gasteiger partial charge < -0.3 is 15.6 Å². The lowest BCUT2D eigenvalue weighted by molar-refractivity contribution is -0.192. The number of carboxylic acids is 1. The van der Waals surface area contributed by atoms with Gasteiger partial charge in [-0.1, -0.05) is 0 Å². The average Bonchev–Trinajstić information content (AvgIpc) is 2.52. The van der Waals surface area contributed by atoms with Gasteiger partial charge in [0.1, 0.15) is 11.9 Å². The second-order valence-electron chi connectivity index (χ2n) is 4.19. The molecule has 0 aliphatic heterocycles. The van der Waals surface area contributed by atoms with Gasteiger partial charge in [0.05, 0.1) is 12.0 Å². The Morgan fingerprint density at radius 1 is 1.28 bits per heavy atom. The van der Waals surface area contributed by atoms with E-state index in [0.29, 0.717) is 0 Å². The molecule has 1 aromatic rings. The van der Waals surface area contributed by atoms with E-state index in [1.807, 2.05) is 0 Å². The first-order valence-corrected chi connectivity index (χ1v) is 7.69. The molecule has 1 aromatic carbocycles. The van der Waals surface area contributed by atoms with Crippen molar-refractivity contribution in [1.82, 2.24) is 4.72 Å². The topological polar surface area (TPSA) is 136 Å². The first-order valence-electron chi connectivity index (χ1n) is 6.21. The van der Waals surface area contributed by atoms with Gasteiger partial charge in [-0.15, -0.1) is 0 Å². The van der Waals surface area contributed by atoms with Crippen LogP contribution in [0.1, 0.15) is 0 Å². The lowest BCUT2D eigenvalue weighted by atomic mass is 10.3. The van der Waals surface area contributed by atoms with Crippen molar-refractivity contribution in [1.29, 1.82) is 0 Å². The Morgan fingerprint density at radius 2 is 1.72 bits per heavy atom. The molecule has 0 radical (unpaired) electrons. The number of alkyl halides is 3. The maximum absolute atomic E-state index is 12.7. The summed E-state index contributed by atoms with van der Waals surface area (Å²) >= 11 is 0. The molecule has 0 fully saturated rings. The van der Waals surface area contributed by atoms with Crippen molar-refractivity contribution in [3.63, 3.8) is 0 Å². The number of carboxylic acid groups (broad SMARTS) is 1. The van der Waals surface area contributed by atoms with Crippen molar-refractivity contribution in [3.8, 4) is 0 Å². The third-order valence-corrected chi connectivity index (χ3v) is 3.87. The zero-order valence-corrected chi connectivity index (χ0v) is 13.4. The van der Waals surface area contributed by atoms with Gasteiger partial charge in [-0.2, -0.15) is 17.9 Å². The Labute approximate surface area is 139 Å². The van der Waals surface area contributed by atoms with Crippen LogP contribution in [0.15, 0.2) is 29.2 Å². The fourth-order valence-corrected chi connectivity index (χ4v) is 2.40. The lowest BCUT2D eigenvalue weighted by Gasteiger charge is -2.14. The predicted molar refractivity (Wildman–Crippen MR) is 75.3 cm³/mol. The summed E-state index contributed by atoms with van der Waals surface area (Å²) in [6.45, 7) is -0.243. The summed E-state index contributed by atoms with van der Waals surface area (Å²) in [6, 6.07) is 3.00. The number of ether oxygens (including phenoxy) is 1. The zero-order chi connectivity index (χ0) is 19.8. The smallest absolute Gasteiger partial charge is 0.475 e. The minimum atomic E-state index is -5.08. The number of esters is 1. The standard InChI is InChI=1S/C10H13FN2O4S.C2HF3O2/c1-17-10(14)9(6-12)13-18(15,16)8-4-2-7(11)3-5-8;3-2(4,5)1(6)7/h2-5,9,13H,6,12H2,1H3;(H,6,7)/t9-;/m0./s1. The van der Waals surface area contributed by atoms with Crippen molar-refractivity contribution in [2.24, 2.45) is 5.73 Å². The van der Waals surface area contributed by atoms with Gasteiger partial charge in [0, 0.05) is 6.54 Å². The third-order valence-electron chi connectivity index (χ3n) is 2.39. The number of carbonyl (C=O) groups excluding carboxylic acids is 1. The molecule has 4 N–H and O–H groups in total. The van der Waals surface area contributed by atoms with E-state index in [4.69, 9.17) is 15.6 Å². The van der Waals surface area contributed by atoms with E-state index in [0.717, 1.165) is 31.4 Å². The van der Waals surface area contributed by atoms with Gasteiger partial charge in [0.15, 0.2) is 0 Å². The van der Waals surface area contributed by atoms with Crippen LogP contribution in [-0.4, -0.2) is 51.3 Å². The second-order valence-corrected chi connectivity index (χ2v) is 5.90. The molecule has 0 bridgehead atoms. The Balaban J connectivity index is 0.000000697. The molecule has 142 valence electrons. The predicted octanol–water partition coefficient (Wildman–Crippen LogP) is 0.238. The van der Waals surface area contributed by atoms with Gasteiger partial charge >= 0.3 is 18.1 Å². The molecule has 0 saturated heterocycles. The summed E-state index contributed by atoms with van der Waals surface area (Å²) in [5.74, 6) is -4.10. The highest BCUT2D eigenvalue weighted by atomic mass is 32.2. The summed E-state index contributed by atoms with van der Waals surface area (Å²) < 4.78 is 74.6. The van der Waals surface area contributed by atoms with Gasteiger partial charge in [-0.25, -0.2) is 17.6 Å². The summed E-state index contributed by atoms with van der Waals surface area (Å²) in [5.41, 5.74) is 5.27. The molecule has 0 heterocycles. The lowest BCUT2D eigenvalue weighted by Crippen LogP contribution is -2.46. The fourth-order valence-electron chi connectivity index (χ4n) is 1.20. The van der Waals surface area contributed by atoms with Crippen molar-refractivity contribution in [2.75, 3.05) is 13.7 Å². The number of methoxy groups -OCH3 is 1. The number of aliphatic carboxylic acids is 1. The quantitative estimate of drug-likeness (QED) is 0.484. The molecule has 1 atom stereocenters. The summed E-state index contributed by atoms with van der Waals surface area (Å²) in [5, 5.41) is 7.12. The number of carbonyl (C=O) groups is 2. The second kappa shape index (κ2) is 9.29. The minimum absolute atomic E-state index is 0.161. The van der Waals surface area contributed by atoms with Crippen LogP contribution in [-0.2, 0) is 24.3 Å². The molecule has 0 aliphatic rings. The Kier molecular flexibility index (Phi) is 8.45. The Hall–Kier alpha value is -2.25. The molecular weight excluding hydrogens is 376 g/mol. The van der Waals surface area contributed by atoms with Gasteiger partial charge in [0.25, 0.3) is 0 Å². The molecule has 13 heteroatoms. The van der Waals surface area contributed by atoms with Gasteiger partial charge in [-0.05, 0) is 24.3 Å². The van der Waals surface area contributed by atoms with Crippen LogP contribution in [0.2, 0.25) is 0 Å². The number of sulfonamides is 1. The van der Waals surface area contributed by atoms with Crippen LogP contribution in [0.3, 0.4) is 0 Å². The zero-order valence-electron chi connectivity index (χ0n) is 12.6. The summed E-state index contributed by atoms with van der Waals surface area (Å²) in [4.78, 5) is 20.0. The highest BCUT2D eigenvalue weighted by Gasteiger charge is 2.38. The highest BCUT2D eigenvalue weighted by molar-refractivity contribution is 7.89. The van der Waals surface area contributed by atoms with Gasteiger partial charge in [-0.3, -0.25) is 4.79 Å². The SMILES string of the molecule is COC(=O)[C@H](CN)NS(=O)(=O)c1ccc(F)cc1.O=C(O)C(F)(F)F. The van der Waals surface area contributed by atoms with Crippen LogP contribution in [0.5, 0.6) is 0 Å². The number of rotatable bonds is 5. The van der Waals surface area contributed by atoms with Gasteiger partial charge in [0.2, 0.25) is 10.0 Å². The molecule has 0 aliphatic carbocycles. The molecule has 8 nitrogen and oxygen atoms in total. The number of hydrogen-bond donors (Lipinski definition) is 3. The monoisotopic (exact) mass is 390 g/mol. The van der Waals surface area contributed by atoms with Crippen LogP contribution in [0.4, 0.5) is 17.6 Å². The van der Waals surface area contributed by atoms with Crippen LogP contribution in [0, 0.1) is 5.82 Å². The van der Waals surface area contributed by atoms with E-state index in [1.165, 1.54) is 0 Å². The van der Waals surface area contributed by atoms with Crippen LogP contribution >= 0.6 is 0 Å². The number of halogens is 4. The van der Waals surface area contributed by atoms with Crippen molar-refractivity contribution >= 4 is 22.0 Å². The Bertz CT molecular complexity index is 691. The molecular formula is C12H14F4N2O6S. The van der Waals surface area contributed by atoms with Crippen molar-refractivity contribution < 1.29 is 45.4 Å². The fraction of sp³-hybridized carbons (Fsp3) is 0.333. The molecule has 0 spiro atoms. The molecule has 0 amide bonds. The number of nitrogens with two attached hydrogens (primary N) is 1. The van der Waals surface area contributed by atoms with E-state index in [1.54, 1.807) is 0 Å². The molecule has 25 heavy (non-hydrogen) atoms. The normalized spacial score (nSPS) is 12.6. The average molecular weight is 390 g/mol. The van der Waals surface area contributed by atoms with Crippen LogP contribution in [0.25, 0.3) is 0 Å². The number of nitrogens with one attached hydrogen (secondary N) is 1. The molecule has 0 unspecified atom stereocenters. The van der Waals surface area contributed by atoms with E-state index in [9.17, 15) is 30.8 Å². The number of benzene rings is 1. The molecule has 0 saturated carbocycles. The number of hydrogen-bond acceptors (Lipinski definition) is 6. The first kappa shape index (κ1) is 22.8. The summed E-state index contributed by atoms with van der Waals surface area (Å²) in [6.07, 6.45) is -5.08. The molecule has 1 rings (SSSR count). The van der Waals surface area contributed by atoms with E-state index in [2.05, 4.69) is 9.46 Å². The Morgan fingerprint density at radius 3 is 2.04 bits per heavy atom. The van der Waals surface area contributed by atoms with Crippen molar-refractivity contribution in [2.45, 2.75) is 17.1 Å².